The molecular weight excluding hydrogens is 310 g/mol. The third-order valence-electron chi connectivity index (χ3n) is 2.71. The fraction of sp³-hybridized carbons (Fsp3) is 0.533. The molecule has 6 heteroatoms. The van der Waals surface area contributed by atoms with E-state index in [2.05, 4.69) is 4.72 Å². The van der Waals surface area contributed by atoms with Crippen LogP contribution in [0.3, 0.4) is 0 Å². The maximum absolute atomic E-state index is 12.2. The van der Waals surface area contributed by atoms with Crippen LogP contribution in [0.5, 0.6) is 0 Å². The van der Waals surface area contributed by atoms with Crippen molar-refractivity contribution in [1.82, 2.24) is 4.72 Å². The number of carbonyl (C=O) groups is 1. The second-order valence-corrected chi connectivity index (χ2v) is 8.07. The molecule has 1 N–H and O–H groups in total. The maximum Gasteiger partial charge on any atom is 0.324 e. The van der Waals surface area contributed by atoms with E-state index in [9.17, 15) is 9.00 Å². The summed E-state index contributed by atoms with van der Waals surface area (Å²) in [5.74, 6) is -0.407. The predicted octanol–water partition coefficient (Wildman–Crippen LogP) is 2.87. The monoisotopic (exact) mass is 331 g/mol. The number of rotatable bonds is 6. The third-order valence-corrected chi connectivity index (χ3v) is 4.55. The van der Waals surface area contributed by atoms with Crippen LogP contribution in [-0.4, -0.2) is 27.6 Å². The molecule has 0 saturated heterocycles. The summed E-state index contributed by atoms with van der Waals surface area (Å²) in [6, 6.07) is 6.59. The minimum atomic E-state index is -1.35. The molecule has 0 radical (unpaired) electrons. The first kappa shape index (κ1) is 18.1. The lowest BCUT2D eigenvalue weighted by Gasteiger charge is -2.23. The van der Waals surface area contributed by atoms with E-state index < -0.39 is 27.7 Å². The van der Waals surface area contributed by atoms with Crippen LogP contribution < -0.4 is 4.72 Å². The number of halogens is 1. The number of hydrogen-bond acceptors (Lipinski definition) is 3. The quantitative estimate of drug-likeness (QED) is 0.815. The van der Waals surface area contributed by atoms with Crippen LogP contribution in [-0.2, 0) is 26.9 Å². The number of ether oxygens (including phenoxy) is 1. The molecular formula is C15H22ClNO3S. The van der Waals surface area contributed by atoms with Crippen LogP contribution in [0.2, 0.25) is 5.02 Å². The Morgan fingerprint density at radius 1 is 1.43 bits per heavy atom. The average molecular weight is 332 g/mol. The molecule has 0 spiro atoms. The first-order valence-corrected chi connectivity index (χ1v) is 8.36. The number of benzene rings is 1. The predicted molar refractivity (Wildman–Crippen MR) is 86.6 cm³/mol. The van der Waals surface area contributed by atoms with Crippen molar-refractivity contribution in [2.75, 3.05) is 6.61 Å². The highest BCUT2D eigenvalue weighted by Gasteiger charge is 2.27. The highest BCUT2D eigenvalue weighted by Crippen LogP contribution is 2.15. The fourth-order valence-corrected chi connectivity index (χ4v) is 2.63. The fourth-order valence-electron chi connectivity index (χ4n) is 1.62. The van der Waals surface area contributed by atoms with Gasteiger partial charge in [-0.25, -0.2) is 8.93 Å². The van der Waals surface area contributed by atoms with Crippen LogP contribution in [0.1, 0.15) is 33.3 Å². The van der Waals surface area contributed by atoms with Crippen LogP contribution in [0, 0.1) is 0 Å². The van der Waals surface area contributed by atoms with Gasteiger partial charge in [-0.15, -0.1) is 0 Å². The van der Waals surface area contributed by atoms with Gasteiger partial charge in [0.15, 0.2) is 0 Å². The summed E-state index contributed by atoms with van der Waals surface area (Å²) in [7, 11) is -1.35. The Labute approximate surface area is 133 Å². The summed E-state index contributed by atoms with van der Waals surface area (Å²) >= 11 is 5.95. The highest BCUT2D eigenvalue weighted by atomic mass is 35.5. The molecule has 2 atom stereocenters. The van der Waals surface area contributed by atoms with Gasteiger partial charge < -0.3 is 4.74 Å². The van der Waals surface area contributed by atoms with Gasteiger partial charge in [0.25, 0.3) is 0 Å². The van der Waals surface area contributed by atoms with E-state index in [1.54, 1.807) is 19.1 Å². The van der Waals surface area contributed by atoms with Crippen molar-refractivity contribution < 1.29 is 13.7 Å². The highest BCUT2D eigenvalue weighted by molar-refractivity contribution is 7.84. The number of nitrogens with one attached hydrogen (secondary N) is 1. The van der Waals surface area contributed by atoms with Crippen molar-refractivity contribution in [3.05, 3.63) is 34.9 Å². The zero-order valence-corrected chi connectivity index (χ0v) is 14.4. The standard InChI is InChI=1S/C15H22ClNO3S/c1-5-20-14(18)13(17-21(19)15(2,3)4)10-11-7-6-8-12(16)9-11/h6-9,13,17H,5,10H2,1-4H3/t13-,21?/m1/s1. The lowest BCUT2D eigenvalue weighted by Crippen LogP contribution is -2.45. The Kier molecular flexibility index (Phi) is 6.84. The second kappa shape index (κ2) is 7.92. The first-order valence-electron chi connectivity index (χ1n) is 6.83. The Hall–Kier alpha value is -0.910. The third kappa shape index (κ3) is 6.16. The molecule has 0 aliphatic rings. The lowest BCUT2D eigenvalue weighted by atomic mass is 10.1. The molecule has 0 heterocycles. The minimum Gasteiger partial charge on any atom is -0.465 e. The van der Waals surface area contributed by atoms with Crippen molar-refractivity contribution >= 4 is 28.6 Å². The molecule has 1 aromatic rings. The number of hydrogen-bond donors (Lipinski definition) is 1. The minimum absolute atomic E-state index is 0.286. The molecule has 0 fully saturated rings. The van der Waals surface area contributed by atoms with Crippen LogP contribution in [0.25, 0.3) is 0 Å². The van der Waals surface area contributed by atoms with Crippen molar-refractivity contribution in [1.29, 1.82) is 0 Å². The molecule has 4 nitrogen and oxygen atoms in total. The maximum atomic E-state index is 12.2. The zero-order valence-electron chi connectivity index (χ0n) is 12.8. The van der Waals surface area contributed by atoms with Crippen molar-refractivity contribution in [3.8, 4) is 0 Å². The number of carbonyl (C=O) groups excluding carboxylic acids is 1. The van der Waals surface area contributed by atoms with Gasteiger partial charge >= 0.3 is 5.97 Å². The summed E-state index contributed by atoms with van der Waals surface area (Å²) in [6.45, 7) is 7.57. The topological polar surface area (TPSA) is 55.4 Å². The first-order chi connectivity index (χ1) is 9.74. The molecule has 0 bridgehead atoms. The Morgan fingerprint density at radius 2 is 2.10 bits per heavy atom. The molecule has 0 amide bonds. The van der Waals surface area contributed by atoms with E-state index in [-0.39, 0.29) is 6.61 Å². The summed E-state index contributed by atoms with van der Waals surface area (Å²) in [5, 5.41) is 0.604. The van der Waals surface area contributed by atoms with Crippen LogP contribution in [0.4, 0.5) is 0 Å². The number of esters is 1. The molecule has 1 unspecified atom stereocenters. The van der Waals surface area contributed by atoms with Gasteiger partial charge in [0.1, 0.15) is 6.04 Å². The average Bonchev–Trinajstić information content (AvgIpc) is 2.37. The van der Waals surface area contributed by atoms with Gasteiger partial charge in [-0.05, 0) is 51.8 Å². The van der Waals surface area contributed by atoms with Gasteiger partial charge in [-0.1, -0.05) is 23.7 Å². The van der Waals surface area contributed by atoms with Gasteiger partial charge in [-0.3, -0.25) is 4.79 Å². The largest absolute Gasteiger partial charge is 0.465 e. The molecule has 0 saturated carbocycles. The Bertz CT molecular complexity index is 514. The van der Waals surface area contributed by atoms with Crippen molar-refractivity contribution in [3.63, 3.8) is 0 Å². The molecule has 0 aliphatic carbocycles. The molecule has 118 valence electrons. The van der Waals surface area contributed by atoms with Crippen LogP contribution in [0.15, 0.2) is 24.3 Å². The van der Waals surface area contributed by atoms with E-state index in [4.69, 9.17) is 16.3 Å². The Morgan fingerprint density at radius 3 is 2.62 bits per heavy atom. The SMILES string of the molecule is CCOC(=O)[C@@H](Cc1cccc(Cl)c1)NS(=O)C(C)(C)C. The van der Waals surface area contributed by atoms with Gasteiger partial charge in [0, 0.05) is 5.02 Å². The van der Waals surface area contributed by atoms with Gasteiger partial charge in [0.05, 0.1) is 22.3 Å². The van der Waals surface area contributed by atoms with Gasteiger partial charge in [-0.2, -0.15) is 0 Å². The van der Waals surface area contributed by atoms with Crippen LogP contribution >= 0.6 is 11.6 Å². The molecule has 21 heavy (non-hydrogen) atoms. The molecule has 0 aromatic heterocycles. The van der Waals surface area contributed by atoms with E-state index in [0.717, 1.165) is 5.56 Å². The summed E-state index contributed by atoms with van der Waals surface area (Å²) in [4.78, 5) is 12.0. The van der Waals surface area contributed by atoms with Crippen molar-refractivity contribution in [2.24, 2.45) is 0 Å². The van der Waals surface area contributed by atoms with E-state index >= 15 is 0 Å². The van der Waals surface area contributed by atoms with Crippen molar-refractivity contribution in [2.45, 2.75) is 44.9 Å². The Balaban J connectivity index is 2.87. The molecule has 1 rings (SSSR count). The summed E-state index contributed by atoms with van der Waals surface area (Å²) in [5.41, 5.74) is 0.888. The smallest absolute Gasteiger partial charge is 0.324 e. The van der Waals surface area contributed by atoms with Gasteiger partial charge in [0.2, 0.25) is 0 Å². The van der Waals surface area contributed by atoms with E-state index in [1.165, 1.54) is 0 Å². The lowest BCUT2D eigenvalue weighted by molar-refractivity contribution is -0.145. The second-order valence-electron chi connectivity index (χ2n) is 5.64. The molecule has 1 aromatic carbocycles. The van der Waals surface area contributed by atoms with E-state index in [1.807, 2.05) is 32.9 Å². The molecule has 0 aliphatic heterocycles. The van der Waals surface area contributed by atoms with E-state index in [0.29, 0.717) is 11.4 Å². The summed E-state index contributed by atoms with van der Waals surface area (Å²) in [6.07, 6.45) is 0.376. The summed E-state index contributed by atoms with van der Waals surface area (Å²) < 4.78 is 19.7. The zero-order chi connectivity index (χ0) is 16.0. The normalized spacial score (nSPS) is 14.5.